The van der Waals surface area contributed by atoms with Crippen molar-refractivity contribution in [2.24, 2.45) is 0 Å². The van der Waals surface area contributed by atoms with Crippen LogP contribution in [0.3, 0.4) is 0 Å². The monoisotopic (exact) mass is 309 g/mol. The van der Waals surface area contributed by atoms with E-state index in [9.17, 15) is 19.8 Å². The minimum absolute atomic E-state index is 0.0429. The predicted octanol–water partition coefficient (Wildman–Crippen LogP) is 2.88. The fraction of sp³-hybridized carbons (Fsp3) is 0.111. The van der Waals surface area contributed by atoms with E-state index >= 15 is 0 Å². The van der Waals surface area contributed by atoms with E-state index in [-0.39, 0.29) is 23.2 Å². The molecule has 1 aliphatic rings. The van der Waals surface area contributed by atoms with Crippen LogP contribution in [0.4, 0.5) is 5.69 Å². The first-order chi connectivity index (χ1) is 11.0. The summed E-state index contributed by atoms with van der Waals surface area (Å²) in [6.07, 6.45) is 1.99. The summed E-state index contributed by atoms with van der Waals surface area (Å²) in [6.45, 7) is 1.42. The van der Waals surface area contributed by atoms with Gasteiger partial charge < -0.3 is 15.5 Å². The Morgan fingerprint density at radius 3 is 2.70 bits per heavy atom. The van der Waals surface area contributed by atoms with Gasteiger partial charge in [-0.25, -0.2) is 0 Å². The van der Waals surface area contributed by atoms with Gasteiger partial charge in [0.2, 0.25) is 5.91 Å². The number of hydrogen-bond donors (Lipinski definition) is 3. The maximum absolute atomic E-state index is 12.5. The molecule has 5 nitrogen and oxygen atoms in total. The second kappa shape index (κ2) is 5.61. The molecule has 0 heterocycles. The predicted molar refractivity (Wildman–Crippen MR) is 86.5 cm³/mol. The summed E-state index contributed by atoms with van der Waals surface area (Å²) in [5, 5.41) is 21.9. The van der Waals surface area contributed by atoms with Crippen molar-refractivity contribution in [2.45, 2.75) is 13.3 Å². The lowest BCUT2D eigenvalue weighted by Crippen LogP contribution is -2.08. The van der Waals surface area contributed by atoms with Crippen LogP contribution in [0.1, 0.15) is 28.4 Å². The molecule has 0 spiro atoms. The van der Waals surface area contributed by atoms with Crippen LogP contribution in [0.25, 0.3) is 6.08 Å². The third-order valence-electron chi connectivity index (χ3n) is 3.73. The molecule has 0 unspecified atom stereocenters. The number of ketones is 1. The van der Waals surface area contributed by atoms with Crippen molar-refractivity contribution >= 4 is 23.5 Å². The first-order valence-corrected chi connectivity index (χ1v) is 7.12. The molecule has 0 radical (unpaired) electrons. The van der Waals surface area contributed by atoms with Crippen molar-refractivity contribution in [1.82, 2.24) is 0 Å². The molecule has 2 aromatic rings. The number of phenols is 2. The van der Waals surface area contributed by atoms with Crippen molar-refractivity contribution in [3.63, 3.8) is 0 Å². The Hall–Kier alpha value is -3.08. The van der Waals surface area contributed by atoms with Crippen LogP contribution in [0.2, 0.25) is 0 Å². The Morgan fingerprint density at radius 1 is 1.22 bits per heavy atom. The van der Waals surface area contributed by atoms with Gasteiger partial charge in [-0.3, -0.25) is 9.59 Å². The van der Waals surface area contributed by atoms with Crippen molar-refractivity contribution in [1.29, 1.82) is 0 Å². The molecule has 0 saturated carbocycles. The molecule has 5 heteroatoms. The summed E-state index contributed by atoms with van der Waals surface area (Å²) in [7, 11) is 0. The number of carbonyl (C=O) groups excluding carboxylic acids is 2. The zero-order chi connectivity index (χ0) is 16.6. The molecule has 0 fully saturated rings. The molecule has 0 saturated heterocycles. The van der Waals surface area contributed by atoms with Gasteiger partial charge in [0.05, 0.1) is 0 Å². The number of amides is 1. The smallest absolute Gasteiger partial charge is 0.221 e. The third-order valence-corrected chi connectivity index (χ3v) is 3.73. The van der Waals surface area contributed by atoms with Crippen LogP contribution in [0.15, 0.2) is 42.0 Å². The topological polar surface area (TPSA) is 86.6 Å². The number of carbonyl (C=O) groups is 2. The lowest BCUT2D eigenvalue weighted by Gasteiger charge is -2.06. The molecule has 0 atom stereocenters. The summed E-state index contributed by atoms with van der Waals surface area (Å²) in [5.74, 6) is -0.457. The summed E-state index contributed by atoms with van der Waals surface area (Å²) in [6, 6.07) is 9.42. The van der Waals surface area contributed by atoms with Gasteiger partial charge in [-0.1, -0.05) is 12.1 Å². The van der Waals surface area contributed by atoms with Crippen LogP contribution in [-0.2, 0) is 11.2 Å². The Labute approximate surface area is 132 Å². The van der Waals surface area contributed by atoms with Gasteiger partial charge in [-0.2, -0.15) is 0 Å². The van der Waals surface area contributed by atoms with E-state index < -0.39 is 0 Å². The Balaban J connectivity index is 2.00. The standard InChI is InChI=1S/C18H15NO4/c1-10(20)19-16-4-2-3-14-15(16)8-12(18(14)23)7-11-5-6-13(21)9-17(11)22/h2-7,9,21-22H,8H2,1H3,(H,19,20)/b12-7+. The number of Topliss-reactive ketones (excluding diaryl/α,β-unsaturated/α-hetero) is 1. The molecule has 2 aromatic carbocycles. The van der Waals surface area contributed by atoms with E-state index in [0.29, 0.717) is 28.8 Å². The van der Waals surface area contributed by atoms with E-state index in [0.717, 1.165) is 5.56 Å². The minimum atomic E-state index is -0.195. The summed E-state index contributed by atoms with van der Waals surface area (Å²) in [5.41, 5.74) is 2.94. The molecule has 1 amide bonds. The number of hydrogen-bond acceptors (Lipinski definition) is 4. The number of benzene rings is 2. The van der Waals surface area contributed by atoms with Crippen molar-refractivity contribution < 1.29 is 19.8 Å². The molecule has 23 heavy (non-hydrogen) atoms. The molecule has 3 rings (SSSR count). The number of anilines is 1. The average molecular weight is 309 g/mol. The first-order valence-electron chi connectivity index (χ1n) is 7.12. The van der Waals surface area contributed by atoms with Crippen LogP contribution in [0, 0.1) is 0 Å². The summed E-state index contributed by atoms with van der Waals surface area (Å²) in [4.78, 5) is 23.8. The van der Waals surface area contributed by atoms with Crippen LogP contribution in [0.5, 0.6) is 11.5 Å². The Kier molecular flexibility index (Phi) is 3.62. The third kappa shape index (κ3) is 2.81. The second-order valence-electron chi connectivity index (χ2n) is 5.43. The summed E-state index contributed by atoms with van der Waals surface area (Å²) >= 11 is 0. The fourth-order valence-electron chi connectivity index (χ4n) is 2.70. The number of fused-ring (bicyclic) bond motifs is 1. The highest BCUT2D eigenvalue weighted by Crippen LogP contribution is 2.34. The SMILES string of the molecule is CC(=O)Nc1cccc2c1C/C(=C\c1ccc(O)cc1O)C2=O. The zero-order valence-corrected chi connectivity index (χ0v) is 12.5. The van der Waals surface area contributed by atoms with Gasteiger partial charge in [-0.05, 0) is 29.8 Å². The molecular formula is C18H15NO4. The highest BCUT2D eigenvalue weighted by Gasteiger charge is 2.27. The Bertz CT molecular complexity index is 852. The fourth-order valence-corrected chi connectivity index (χ4v) is 2.70. The number of phenolic OH excluding ortho intramolecular Hbond substituents is 2. The van der Waals surface area contributed by atoms with E-state index in [4.69, 9.17) is 0 Å². The number of allylic oxidation sites excluding steroid dienone is 1. The molecule has 0 bridgehead atoms. The highest BCUT2D eigenvalue weighted by molar-refractivity contribution is 6.17. The van der Waals surface area contributed by atoms with E-state index in [2.05, 4.69) is 5.32 Å². The molecule has 116 valence electrons. The molecule has 0 aromatic heterocycles. The van der Waals surface area contributed by atoms with Crippen LogP contribution >= 0.6 is 0 Å². The van der Waals surface area contributed by atoms with E-state index in [1.165, 1.54) is 19.1 Å². The molecule has 1 aliphatic carbocycles. The quantitative estimate of drug-likeness (QED) is 0.744. The second-order valence-corrected chi connectivity index (χ2v) is 5.43. The van der Waals surface area contributed by atoms with Crippen LogP contribution < -0.4 is 5.32 Å². The highest BCUT2D eigenvalue weighted by atomic mass is 16.3. The van der Waals surface area contributed by atoms with E-state index in [1.807, 2.05) is 0 Å². The zero-order valence-electron chi connectivity index (χ0n) is 12.5. The maximum atomic E-state index is 12.5. The van der Waals surface area contributed by atoms with Gasteiger partial charge in [0.1, 0.15) is 11.5 Å². The van der Waals surface area contributed by atoms with Gasteiger partial charge in [0, 0.05) is 41.8 Å². The molecular weight excluding hydrogens is 294 g/mol. The largest absolute Gasteiger partial charge is 0.508 e. The van der Waals surface area contributed by atoms with Crippen molar-refractivity contribution in [3.05, 3.63) is 58.7 Å². The number of nitrogens with one attached hydrogen (secondary N) is 1. The van der Waals surface area contributed by atoms with Crippen LogP contribution in [-0.4, -0.2) is 21.9 Å². The van der Waals surface area contributed by atoms with E-state index in [1.54, 1.807) is 30.3 Å². The molecule has 0 aliphatic heterocycles. The maximum Gasteiger partial charge on any atom is 0.221 e. The number of rotatable bonds is 2. The van der Waals surface area contributed by atoms with Gasteiger partial charge in [-0.15, -0.1) is 0 Å². The van der Waals surface area contributed by atoms with Crippen molar-refractivity contribution in [3.8, 4) is 11.5 Å². The molecule has 3 N–H and O–H groups in total. The van der Waals surface area contributed by atoms with Gasteiger partial charge in [0.25, 0.3) is 0 Å². The summed E-state index contributed by atoms with van der Waals surface area (Å²) < 4.78 is 0. The first kappa shape index (κ1) is 14.8. The van der Waals surface area contributed by atoms with Crippen molar-refractivity contribution in [2.75, 3.05) is 5.32 Å². The lowest BCUT2D eigenvalue weighted by molar-refractivity contribution is -0.114. The number of aromatic hydroxyl groups is 2. The normalized spacial score (nSPS) is 14.8. The van der Waals surface area contributed by atoms with Gasteiger partial charge >= 0.3 is 0 Å². The minimum Gasteiger partial charge on any atom is -0.508 e. The average Bonchev–Trinajstić information content (AvgIpc) is 2.80. The lowest BCUT2D eigenvalue weighted by atomic mass is 10.1. The Morgan fingerprint density at radius 2 is 2.00 bits per heavy atom. The van der Waals surface area contributed by atoms with Gasteiger partial charge in [0.15, 0.2) is 5.78 Å².